The first-order valence-corrected chi connectivity index (χ1v) is 21.1. The van der Waals surface area contributed by atoms with E-state index < -0.39 is 5.97 Å². The Labute approximate surface area is 333 Å². The first kappa shape index (κ1) is 49.2. The molecule has 0 amide bonds. The molecular weight excluding hydrogens is 590 g/mol. The third-order valence-electron chi connectivity index (χ3n) is 10.3. The van der Waals surface area contributed by atoms with Crippen molar-refractivity contribution in [3.8, 4) is 0 Å². The number of carboxylic acids is 1. The van der Waals surface area contributed by atoms with Gasteiger partial charge in [0.05, 0.1) is 0 Å². The molecule has 1 atom stereocenters. The Morgan fingerprint density at radius 2 is 0.674 bits per heavy atom. The van der Waals surface area contributed by atoms with E-state index in [1.807, 2.05) is 0 Å². The molecule has 0 aromatic rings. The van der Waals surface area contributed by atoms with E-state index in [1.54, 1.807) is 0 Å². The van der Waals surface area contributed by atoms with Crippen LogP contribution in [0.1, 0.15) is 245 Å². The van der Waals surface area contributed by atoms with Crippen molar-refractivity contribution in [1.29, 1.82) is 0 Å². The summed E-state index contributed by atoms with van der Waals surface area (Å²) in [5.41, 5.74) is 0. The molecule has 46 heavy (non-hydrogen) atoms. The van der Waals surface area contributed by atoms with E-state index in [0.717, 1.165) is 25.9 Å². The van der Waals surface area contributed by atoms with E-state index in [-0.39, 0.29) is 57.8 Å². The average molecular weight is 674 g/mol. The summed E-state index contributed by atoms with van der Waals surface area (Å²) in [7, 11) is 0. The minimum Gasteiger partial charge on any atom is -0.550 e. The van der Waals surface area contributed by atoms with Crippen molar-refractivity contribution in [1.82, 2.24) is 4.90 Å². The number of nitrogens with zero attached hydrogens (tertiary/aromatic N) is 1. The van der Waals surface area contributed by atoms with Gasteiger partial charge in [-0.05, 0) is 45.2 Å². The largest absolute Gasteiger partial charge is 1.00 e. The second-order valence-electron chi connectivity index (χ2n) is 14.6. The summed E-state index contributed by atoms with van der Waals surface area (Å²) in [6.45, 7) is 9.10. The quantitative estimate of drug-likeness (QED) is 0.0482. The van der Waals surface area contributed by atoms with Crippen LogP contribution in [0.25, 0.3) is 0 Å². The number of carbonyl (C=O) groups is 1. The van der Waals surface area contributed by atoms with Gasteiger partial charge in [0, 0.05) is 12.0 Å². The minimum absolute atomic E-state index is 0. The Hall–Kier alpha value is 1.07. The van der Waals surface area contributed by atoms with Gasteiger partial charge in [-0.25, -0.2) is 0 Å². The molecule has 0 bridgehead atoms. The molecule has 0 N–H and O–H groups in total. The molecular formula is C42H84KNO2. The molecule has 270 valence electrons. The van der Waals surface area contributed by atoms with Crippen LogP contribution < -0.4 is 56.5 Å². The molecule has 0 heterocycles. The maximum atomic E-state index is 11.1. The zero-order valence-electron chi connectivity index (χ0n) is 32.5. The van der Waals surface area contributed by atoms with Crippen LogP contribution in [-0.2, 0) is 4.79 Å². The molecule has 0 saturated heterocycles. The van der Waals surface area contributed by atoms with Crippen molar-refractivity contribution in [2.75, 3.05) is 13.1 Å². The van der Waals surface area contributed by atoms with Gasteiger partial charge in [0.2, 0.25) is 0 Å². The van der Waals surface area contributed by atoms with Crippen LogP contribution in [0.15, 0.2) is 0 Å². The van der Waals surface area contributed by atoms with E-state index >= 15 is 0 Å². The third kappa shape index (κ3) is 37.9. The zero-order valence-corrected chi connectivity index (χ0v) is 35.6. The van der Waals surface area contributed by atoms with E-state index in [4.69, 9.17) is 0 Å². The van der Waals surface area contributed by atoms with Crippen LogP contribution in [0, 0.1) is 0 Å². The summed E-state index contributed by atoms with van der Waals surface area (Å²) in [4.78, 5) is 13.8. The summed E-state index contributed by atoms with van der Waals surface area (Å²) < 4.78 is 0. The molecule has 0 radical (unpaired) electrons. The molecule has 1 unspecified atom stereocenters. The minimum atomic E-state index is -0.891. The summed E-state index contributed by atoms with van der Waals surface area (Å²) in [6.07, 6.45) is 47.0. The number of hydrogen-bond acceptors (Lipinski definition) is 3. The van der Waals surface area contributed by atoms with Gasteiger partial charge < -0.3 is 14.8 Å². The molecule has 0 fully saturated rings. The topological polar surface area (TPSA) is 43.4 Å². The van der Waals surface area contributed by atoms with E-state index in [9.17, 15) is 9.90 Å². The van der Waals surface area contributed by atoms with E-state index in [2.05, 4.69) is 25.7 Å². The molecule has 3 nitrogen and oxygen atoms in total. The molecule has 0 saturated carbocycles. The first-order chi connectivity index (χ1) is 22.2. The van der Waals surface area contributed by atoms with Crippen LogP contribution >= 0.6 is 0 Å². The maximum absolute atomic E-state index is 11.1. The Morgan fingerprint density at radius 3 is 0.891 bits per heavy atom. The fourth-order valence-electron chi connectivity index (χ4n) is 7.13. The van der Waals surface area contributed by atoms with Crippen LogP contribution in [0.3, 0.4) is 0 Å². The summed E-state index contributed by atoms with van der Waals surface area (Å²) in [5.74, 6) is -0.891. The number of aliphatic carboxylic acids is 1. The number of rotatable bonds is 39. The molecule has 0 rings (SSSR count). The van der Waals surface area contributed by atoms with Crippen LogP contribution in [0.5, 0.6) is 0 Å². The van der Waals surface area contributed by atoms with Crippen LogP contribution in [0.2, 0.25) is 0 Å². The second kappa shape index (κ2) is 42.2. The SMILES string of the molecule is CCCCCCCCCCCCCCCCCCN(CCCCCCCCCCCCCCCCCC)C(CC)CCC(=O)[O-].[K+]. The van der Waals surface area contributed by atoms with Crippen molar-refractivity contribution in [2.24, 2.45) is 0 Å². The van der Waals surface area contributed by atoms with Crippen LogP contribution in [0.4, 0.5) is 0 Å². The summed E-state index contributed by atoms with van der Waals surface area (Å²) in [5, 5.41) is 11.1. The molecule has 0 aromatic heterocycles. The van der Waals surface area contributed by atoms with Crippen molar-refractivity contribution >= 4 is 5.97 Å². The molecule has 0 aromatic carbocycles. The molecule has 4 heteroatoms. The van der Waals surface area contributed by atoms with Crippen molar-refractivity contribution in [2.45, 2.75) is 252 Å². The van der Waals surface area contributed by atoms with Gasteiger partial charge >= 0.3 is 51.4 Å². The predicted molar refractivity (Wildman–Crippen MR) is 199 cm³/mol. The fraction of sp³-hybridized carbons (Fsp3) is 0.976. The Bertz CT molecular complexity index is 536. The van der Waals surface area contributed by atoms with Gasteiger partial charge in [0.25, 0.3) is 0 Å². The van der Waals surface area contributed by atoms with Gasteiger partial charge in [-0.3, -0.25) is 0 Å². The van der Waals surface area contributed by atoms with Gasteiger partial charge in [0.15, 0.2) is 0 Å². The first-order valence-electron chi connectivity index (χ1n) is 21.1. The average Bonchev–Trinajstić information content (AvgIpc) is 3.04. The normalized spacial score (nSPS) is 12.1. The number of hydrogen-bond donors (Lipinski definition) is 0. The van der Waals surface area contributed by atoms with Crippen molar-refractivity contribution in [3.63, 3.8) is 0 Å². The third-order valence-corrected chi connectivity index (χ3v) is 10.3. The summed E-state index contributed by atoms with van der Waals surface area (Å²) in [6, 6.07) is 0.399. The van der Waals surface area contributed by atoms with Gasteiger partial charge in [0.1, 0.15) is 0 Å². The van der Waals surface area contributed by atoms with E-state index in [0.29, 0.717) is 6.04 Å². The van der Waals surface area contributed by atoms with Gasteiger partial charge in [-0.1, -0.05) is 213 Å². The Morgan fingerprint density at radius 1 is 0.435 bits per heavy atom. The smallest absolute Gasteiger partial charge is 0.550 e. The van der Waals surface area contributed by atoms with Crippen molar-refractivity contribution in [3.05, 3.63) is 0 Å². The van der Waals surface area contributed by atoms with Gasteiger partial charge in [-0.15, -0.1) is 0 Å². The van der Waals surface area contributed by atoms with Gasteiger partial charge in [-0.2, -0.15) is 0 Å². The standard InChI is InChI=1S/C42H85NO2.K/c1-4-7-9-11-13-15-17-19-21-23-25-27-29-31-33-35-39-43(41(6-3)37-38-42(44)45)40-36-34-32-30-28-26-24-22-20-18-16-14-12-10-8-5-2;/h41H,4-40H2,1-3H3,(H,44,45);/q;+1/p-1. The molecule has 0 aliphatic rings. The van der Waals surface area contributed by atoms with E-state index in [1.165, 1.54) is 205 Å². The van der Waals surface area contributed by atoms with Crippen LogP contribution in [-0.4, -0.2) is 30.0 Å². The molecule has 0 aliphatic carbocycles. The fourth-order valence-corrected chi connectivity index (χ4v) is 7.13. The number of unbranched alkanes of at least 4 members (excludes halogenated alkanes) is 30. The van der Waals surface area contributed by atoms with Crippen molar-refractivity contribution < 1.29 is 61.3 Å². The second-order valence-corrected chi connectivity index (χ2v) is 14.6. The molecule has 0 spiro atoms. The summed E-state index contributed by atoms with van der Waals surface area (Å²) >= 11 is 0. The maximum Gasteiger partial charge on any atom is 1.00 e. The number of carbonyl (C=O) groups excluding carboxylic acids is 1. The Kier molecular flexibility index (Phi) is 45.2. The zero-order chi connectivity index (χ0) is 32.9. The Balaban J connectivity index is 0. The molecule has 0 aliphatic heterocycles. The number of carboxylic acid groups (broad SMARTS) is 1. The monoisotopic (exact) mass is 674 g/mol. The predicted octanol–water partition coefficient (Wildman–Crippen LogP) is 10.1.